The van der Waals surface area contributed by atoms with Crippen LogP contribution in [0.4, 0.5) is 0 Å². The Morgan fingerprint density at radius 2 is 2.00 bits per heavy atom. The fourth-order valence-corrected chi connectivity index (χ4v) is 0. The molecule has 0 atom stereocenters. The lowest BCUT2D eigenvalue weighted by molar-refractivity contribution is 0.563. The molecule has 0 radical (unpaired) electrons. The molecule has 0 aromatic heterocycles. The molecular formula is C3H6N2O. The summed E-state index contributed by atoms with van der Waals surface area (Å²) >= 11 is 0. The Morgan fingerprint density at radius 3 is 2.00 bits per heavy atom. The van der Waals surface area contributed by atoms with Crippen LogP contribution in [0.1, 0.15) is 0 Å². The number of nitrogens with two attached hydrogens (primary N) is 1. The summed E-state index contributed by atoms with van der Waals surface area (Å²) < 4.78 is 0. The Kier molecular flexibility index (Phi) is 58.4. The molecule has 0 heterocycles. The van der Waals surface area contributed by atoms with Crippen LogP contribution in [0, 0.1) is 5.41 Å². The summed E-state index contributed by atoms with van der Waals surface area (Å²) in [6, 6.07) is 0. The third-order valence-electron chi connectivity index (χ3n) is 0. The van der Waals surface area contributed by atoms with Gasteiger partial charge >= 0.3 is 0 Å². The summed E-state index contributed by atoms with van der Waals surface area (Å²) in [4.78, 5) is 8.35. The van der Waals surface area contributed by atoms with E-state index in [0.29, 0.717) is 0 Å². The van der Waals surface area contributed by atoms with E-state index in [1.807, 2.05) is 0 Å². The van der Waals surface area contributed by atoms with Crippen molar-refractivity contribution in [1.29, 1.82) is 5.41 Å². The van der Waals surface area contributed by atoms with E-state index in [1.54, 1.807) is 0 Å². The SMILES string of the molecule is C=CN.N=C=O. The summed E-state index contributed by atoms with van der Waals surface area (Å²) in [6.07, 6.45) is 2.00. The van der Waals surface area contributed by atoms with Gasteiger partial charge < -0.3 is 5.73 Å². The topological polar surface area (TPSA) is 66.9 Å². The zero-order valence-corrected chi connectivity index (χ0v) is 3.27. The van der Waals surface area contributed by atoms with E-state index in [4.69, 9.17) is 10.2 Å². The van der Waals surface area contributed by atoms with Crippen LogP contribution in [-0.4, -0.2) is 6.08 Å². The van der Waals surface area contributed by atoms with Crippen LogP contribution in [0.5, 0.6) is 0 Å². The van der Waals surface area contributed by atoms with Crippen LogP contribution in [0.25, 0.3) is 0 Å². The van der Waals surface area contributed by atoms with Gasteiger partial charge in [-0.25, -0.2) is 10.2 Å². The molecule has 0 fully saturated rings. The highest BCUT2D eigenvalue weighted by Gasteiger charge is 1.09. The van der Waals surface area contributed by atoms with Crippen molar-refractivity contribution in [2.24, 2.45) is 5.73 Å². The van der Waals surface area contributed by atoms with Gasteiger partial charge in [-0.2, -0.15) is 0 Å². The molecule has 0 aliphatic carbocycles. The van der Waals surface area contributed by atoms with E-state index in [9.17, 15) is 0 Å². The lowest BCUT2D eigenvalue weighted by Crippen LogP contribution is -1.67. The van der Waals surface area contributed by atoms with Crippen molar-refractivity contribution < 1.29 is 4.79 Å². The van der Waals surface area contributed by atoms with Crippen LogP contribution in [0.2, 0.25) is 0 Å². The molecule has 34 valence electrons. The highest BCUT2D eigenvalue weighted by atomic mass is 16.1. The lowest BCUT2D eigenvalue weighted by Gasteiger charge is -1.40. The fourth-order valence-electron chi connectivity index (χ4n) is 0. The second-order valence-electron chi connectivity index (χ2n) is 0.338. The average Bonchev–Trinajstić information content (AvgIpc) is 1.39. The molecule has 6 heavy (non-hydrogen) atoms. The molecule has 0 rings (SSSR count). The first-order valence-electron chi connectivity index (χ1n) is 1.20. The Bertz CT molecular complexity index is 53.8. The van der Waals surface area contributed by atoms with Gasteiger partial charge in [-0.15, -0.1) is 0 Å². The van der Waals surface area contributed by atoms with Crippen LogP contribution >= 0.6 is 0 Å². The minimum Gasteiger partial charge on any atom is -0.405 e. The van der Waals surface area contributed by atoms with Gasteiger partial charge in [0.15, 0.2) is 0 Å². The van der Waals surface area contributed by atoms with Gasteiger partial charge in [0.05, 0.1) is 0 Å². The number of hydrogen-bond acceptors (Lipinski definition) is 3. The highest BCUT2D eigenvalue weighted by molar-refractivity contribution is 5.26. The first kappa shape index (κ1) is 8.87. The van der Waals surface area contributed by atoms with Crippen molar-refractivity contribution in [1.82, 2.24) is 0 Å². The molecule has 3 nitrogen and oxygen atoms in total. The minimum atomic E-state index is 0.750. The Balaban J connectivity index is 0. The third kappa shape index (κ3) is 9.23. The quantitative estimate of drug-likeness (QED) is 0.321. The summed E-state index contributed by atoms with van der Waals surface area (Å²) in [6.45, 7) is 3.14. The third-order valence-corrected chi connectivity index (χ3v) is 0. The molecule has 0 bridgehead atoms. The number of hydrogen-bond donors (Lipinski definition) is 2. The smallest absolute Gasteiger partial charge is 0.231 e. The standard InChI is InChI=1S/C2H5N.CHNO/c1-2-3;2-1-3/h2H,1,3H2;2H. The van der Waals surface area contributed by atoms with E-state index >= 15 is 0 Å². The zero-order chi connectivity index (χ0) is 5.41. The molecule has 0 unspecified atom stereocenters. The summed E-state index contributed by atoms with van der Waals surface area (Å²) in [5, 5.41) is 5.40. The minimum absolute atomic E-state index is 0.750. The van der Waals surface area contributed by atoms with Crippen LogP contribution in [-0.2, 0) is 4.79 Å². The molecule has 0 aromatic rings. The summed E-state index contributed by atoms with van der Waals surface area (Å²) in [5.74, 6) is 0. The highest BCUT2D eigenvalue weighted by Crippen LogP contribution is 1.13. The van der Waals surface area contributed by atoms with Gasteiger partial charge in [-0.05, 0) is 6.20 Å². The van der Waals surface area contributed by atoms with E-state index in [2.05, 4.69) is 12.3 Å². The first-order chi connectivity index (χ1) is 2.83. The monoisotopic (exact) mass is 86.0 g/mol. The van der Waals surface area contributed by atoms with Crippen molar-refractivity contribution in [2.75, 3.05) is 0 Å². The van der Waals surface area contributed by atoms with E-state index in [1.165, 1.54) is 6.20 Å². The first-order valence-corrected chi connectivity index (χ1v) is 1.20. The second kappa shape index (κ2) is 39.5. The van der Waals surface area contributed by atoms with Gasteiger partial charge in [-0.1, -0.05) is 6.58 Å². The number of isocyanates is 1. The van der Waals surface area contributed by atoms with Crippen molar-refractivity contribution in [3.8, 4) is 0 Å². The molecule has 0 saturated carbocycles. The molecule has 0 saturated heterocycles. The zero-order valence-electron chi connectivity index (χ0n) is 3.27. The van der Waals surface area contributed by atoms with Crippen molar-refractivity contribution in [3.05, 3.63) is 12.8 Å². The van der Waals surface area contributed by atoms with Gasteiger partial charge in [-0.3, -0.25) is 0 Å². The van der Waals surface area contributed by atoms with Crippen LogP contribution in [0.15, 0.2) is 12.8 Å². The fraction of sp³-hybridized carbons (Fsp3) is 0. The maximum Gasteiger partial charge on any atom is 0.231 e. The molecule has 0 aliphatic heterocycles. The molecule has 0 spiro atoms. The van der Waals surface area contributed by atoms with Crippen molar-refractivity contribution >= 4 is 6.08 Å². The molecule has 3 heteroatoms. The molecule has 3 N–H and O–H groups in total. The molecule has 0 aliphatic rings. The van der Waals surface area contributed by atoms with Gasteiger partial charge in [0.1, 0.15) is 0 Å². The Labute approximate surface area is 36.0 Å². The summed E-state index contributed by atoms with van der Waals surface area (Å²) in [7, 11) is 0. The van der Waals surface area contributed by atoms with E-state index < -0.39 is 0 Å². The van der Waals surface area contributed by atoms with E-state index in [0.717, 1.165) is 6.08 Å². The number of nitrogens with one attached hydrogen (secondary N) is 1. The van der Waals surface area contributed by atoms with Crippen molar-refractivity contribution in [2.45, 2.75) is 0 Å². The Morgan fingerprint density at radius 1 is 2.00 bits per heavy atom. The number of carbonyl (C=O) groups excluding carboxylic acids is 1. The predicted molar refractivity (Wildman–Crippen MR) is 22.8 cm³/mol. The van der Waals surface area contributed by atoms with Gasteiger partial charge in [0.2, 0.25) is 6.08 Å². The predicted octanol–water partition coefficient (Wildman–Crippen LogP) is -0.0104. The maximum atomic E-state index is 8.35. The lowest BCUT2D eigenvalue weighted by atomic mass is 11.1. The van der Waals surface area contributed by atoms with Crippen LogP contribution in [0.3, 0.4) is 0 Å². The largest absolute Gasteiger partial charge is 0.405 e. The van der Waals surface area contributed by atoms with Gasteiger partial charge in [0, 0.05) is 0 Å². The van der Waals surface area contributed by atoms with E-state index in [-0.39, 0.29) is 0 Å². The normalized spacial score (nSPS) is 3.33. The molecule has 0 amide bonds. The van der Waals surface area contributed by atoms with Crippen molar-refractivity contribution in [3.63, 3.8) is 0 Å². The average molecular weight is 86.1 g/mol. The van der Waals surface area contributed by atoms with Gasteiger partial charge in [0.25, 0.3) is 0 Å². The van der Waals surface area contributed by atoms with Crippen LogP contribution < -0.4 is 5.73 Å². The molecular weight excluding hydrogens is 80.0 g/mol. The Hall–Kier alpha value is -1.08. The second-order valence-corrected chi connectivity index (χ2v) is 0.338. The molecule has 0 aromatic carbocycles. The summed E-state index contributed by atoms with van der Waals surface area (Å²) in [5.41, 5.74) is 4.61. The number of rotatable bonds is 0. The maximum absolute atomic E-state index is 8.35.